The minimum absolute atomic E-state index is 0.0505. The normalized spacial score (nSPS) is 14.4. The molecule has 0 aliphatic heterocycles. The molecule has 0 aromatic heterocycles. The molecule has 0 fully saturated rings. The van der Waals surface area contributed by atoms with Gasteiger partial charge in [0.05, 0.1) is 0 Å². The van der Waals surface area contributed by atoms with E-state index in [1.807, 2.05) is 12.1 Å². The predicted octanol–water partition coefficient (Wildman–Crippen LogP) is 3.99. The zero-order valence-electron chi connectivity index (χ0n) is 11.0. The Morgan fingerprint density at radius 3 is 2.71 bits per heavy atom. The van der Waals surface area contributed by atoms with Gasteiger partial charge in [0, 0.05) is 17.0 Å². The molecule has 1 unspecified atom stereocenters. The smallest absolute Gasteiger partial charge is 0.0440 e. The van der Waals surface area contributed by atoms with Crippen LogP contribution in [0.2, 0.25) is 5.02 Å². The molecule has 0 saturated heterocycles. The van der Waals surface area contributed by atoms with Gasteiger partial charge in [-0.2, -0.15) is 0 Å². The molecule has 2 heteroatoms. The van der Waals surface area contributed by atoms with Gasteiger partial charge in [0.2, 0.25) is 0 Å². The first-order chi connectivity index (χ1) is 8.00. The number of benzene rings is 1. The van der Waals surface area contributed by atoms with Crippen molar-refractivity contribution in [2.24, 2.45) is 5.41 Å². The maximum Gasteiger partial charge on any atom is 0.0440 e. The van der Waals surface area contributed by atoms with E-state index in [0.717, 1.165) is 24.5 Å². The Bertz CT molecular complexity index is 387. The summed E-state index contributed by atoms with van der Waals surface area (Å²) in [6.07, 6.45) is 2.94. The van der Waals surface area contributed by atoms with E-state index in [1.165, 1.54) is 11.1 Å². The zero-order valence-corrected chi connectivity index (χ0v) is 11.8. The third-order valence-electron chi connectivity index (χ3n) is 3.07. The van der Waals surface area contributed by atoms with E-state index >= 15 is 0 Å². The second-order valence-electron chi connectivity index (χ2n) is 4.91. The standard InChI is InChI=1S/C15H22ClN/c1-5-15(4,11-17-6-2)10-13-8-7-12(3)9-14(13)16/h5,7-9,17H,1,6,10-11H2,2-4H3. The van der Waals surface area contributed by atoms with Gasteiger partial charge in [0.1, 0.15) is 0 Å². The van der Waals surface area contributed by atoms with Crippen molar-refractivity contribution in [2.45, 2.75) is 27.2 Å². The van der Waals surface area contributed by atoms with E-state index in [9.17, 15) is 0 Å². The molecule has 1 atom stereocenters. The predicted molar refractivity (Wildman–Crippen MR) is 76.7 cm³/mol. The molecule has 1 aromatic carbocycles. The van der Waals surface area contributed by atoms with Crippen molar-refractivity contribution in [2.75, 3.05) is 13.1 Å². The molecule has 1 aromatic rings. The highest BCUT2D eigenvalue weighted by molar-refractivity contribution is 6.31. The number of rotatable bonds is 6. The van der Waals surface area contributed by atoms with Crippen LogP contribution in [0.4, 0.5) is 0 Å². The first-order valence-corrected chi connectivity index (χ1v) is 6.48. The van der Waals surface area contributed by atoms with Crippen molar-refractivity contribution in [1.29, 1.82) is 0 Å². The van der Waals surface area contributed by atoms with E-state index in [0.29, 0.717) is 0 Å². The van der Waals surface area contributed by atoms with Crippen LogP contribution < -0.4 is 5.32 Å². The average molecular weight is 252 g/mol. The number of hydrogen-bond donors (Lipinski definition) is 1. The fourth-order valence-electron chi connectivity index (χ4n) is 1.85. The van der Waals surface area contributed by atoms with E-state index < -0.39 is 0 Å². The first kappa shape index (κ1) is 14.3. The Balaban J connectivity index is 2.83. The van der Waals surface area contributed by atoms with Crippen LogP contribution >= 0.6 is 11.6 Å². The lowest BCUT2D eigenvalue weighted by atomic mass is 9.83. The summed E-state index contributed by atoms with van der Waals surface area (Å²) in [6, 6.07) is 6.25. The molecule has 0 amide bonds. The first-order valence-electron chi connectivity index (χ1n) is 6.10. The lowest BCUT2D eigenvalue weighted by molar-refractivity contribution is 0.396. The molecule has 94 valence electrons. The number of nitrogens with one attached hydrogen (secondary N) is 1. The SMILES string of the molecule is C=CC(C)(CNCC)Cc1ccc(C)cc1Cl. The number of hydrogen-bond acceptors (Lipinski definition) is 1. The largest absolute Gasteiger partial charge is 0.316 e. The Kier molecular flexibility index (Phi) is 5.23. The summed E-state index contributed by atoms with van der Waals surface area (Å²) in [5.74, 6) is 0. The van der Waals surface area contributed by atoms with Crippen molar-refractivity contribution < 1.29 is 0 Å². The highest BCUT2D eigenvalue weighted by Gasteiger charge is 2.21. The average Bonchev–Trinajstić information content (AvgIpc) is 2.30. The van der Waals surface area contributed by atoms with Crippen LogP contribution in [-0.2, 0) is 6.42 Å². The topological polar surface area (TPSA) is 12.0 Å². The van der Waals surface area contributed by atoms with Crippen molar-refractivity contribution in [3.8, 4) is 0 Å². The fourth-order valence-corrected chi connectivity index (χ4v) is 2.15. The fraction of sp³-hybridized carbons (Fsp3) is 0.467. The third kappa shape index (κ3) is 4.18. The maximum atomic E-state index is 6.27. The molecule has 0 bridgehead atoms. The summed E-state index contributed by atoms with van der Waals surface area (Å²) >= 11 is 6.27. The Morgan fingerprint density at radius 1 is 1.47 bits per heavy atom. The number of halogens is 1. The van der Waals surface area contributed by atoms with Crippen molar-refractivity contribution in [3.63, 3.8) is 0 Å². The zero-order chi connectivity index (χ0) is 12.9. The molecule has 1 rings (SSSR count). The van der Waals surface area contributed by atoms with Gasteiger partial charge < -0.3 is 5.32 Å². The summed E-state index contributed by atoms with van der Waals surface area (Å²) in [5.41, 5.74) is 2.44. The van der Waals surface area contributed by atoms with Gasteiger partial charge in [-0.15, -0.1) is 6.58 Å². The molecular formula is C15H22ClN. The quantitative estimate of drug-likeness (QED) is 0.754. The second kappa shape index (κ2) is 6.23. The van der Waals surface area contributed by atoms with E-state index in [4.69, 9.17) is 11.6 Å². The summed E-state index contributed by atoms with van der Waals surface area (Å²) < 4.78 is 0. The van der Waals surface area contributed by atoms with Crippen LogP contribution in [0.1, 0.15) is 25.0 Å². The summed E-state index contributed by atoms with van der Waals surface area (Å²) in [6.45, 7) is 12.2. The highest BCUT2D eigenvalue weighted by Crippen LogP contribution is 2.28. The second-order valence-corrected chi connectivity index (χ2v) is 5.32. The van der Waals surface area contributed by atoms with Crippen molar-refractivity contribution >= 4 is 11.6 Å². The van der Waals surface area contributed by atoms with Gasteiger partial charge in [-0.3, -0.25) is 0 Å². The van der Waals surface area contributed by atoms with E-state index in [-0.39, 0.29) is 5.41 Å². The summed E-state index contributed by atoms with van der Waals surface area (Å²) in [5, 5.41) is 4.23. The van der Waals surface area contributed by atoms with Crippen molar-refractivity contribution in [3.05, 3.63) is 47.0 Å². The number of aryl methyl sites for hydroxylation is 1. The van der Waals surface area contributed by atoms with E-state index in [2.05, 4.69) is 44.8 Å². The molecule has 17 heavy (non-hydrogen) atoms. The van der Waals surface area contributed by atoms with Gasteiger partial charge in [0.25, 0.3) is 0 Å². The van der Waals surface area contributed by atoms with Crippen LogP contribution in [0.5, 0.6) is 0 Å². The highest BCUT2D eigenvalue weighted by atomic mass is 35.5. The Hall–Kier alpha value is -0.790. The minimum Gasteiger partial charge on any atom is -0.316 e. The third-order valence-corrected chi connectivity index (χ3v) is 3.43. The van der Waals surface area contributed by atoms with Crippen molar-refractivity contribution in [1.82, 2.24) is 5.32 Å². The molecule has 1 nitrogen and oxygen atoms in total. The molecule has 0 radical (unpaired) electrons. The molecule has 0 aliphatic carbocycles. The maximum absolute atomic E-state index is 6.27. The van der Waals surface area contributed by atoms with E-state index in [1.54, 1.807) is 0 Å². The van der Waals surface area contributed by atoms with Gasteiger partial charge in [-0.1, -0.05) is 43.7 Å². The van der Waals surface area contributed by atoms with Crippen LogP contribution in [0.3, 0.4) is 0 Å². The van der Waals surface area contributed by atoms with Crippen LogP contribution in [-0.4, -0.2) is 13.1 Å². The molecule has 1 N–H and O–H groups in total. The van der Waals surface area contributed by atoms with Gasteiger partial charge in [-0.05, 0) is 37.1 Å². The lowest BCUT2D eigenvalue weighted by Gasteiger charge is -2.26. The minimum atomic E-state index is 0.0505. The Morgan fingerprint density at radius 2 is 2.18 bits per heavy atom. The molecule has 0 saturated carbocycles. The molecule has 0 spiro atoms. The molecular weight excluding hydrogens is 230 g/mol. The monoisotopic (exact) mass is 251 g/mol. The Labute approximate surface area is 110 Å². The van der Waals surface area contributed by atoms with Gasteiger partial charge >= 0.3 is 0 Å². The molecule has 0 aliphatic rings. The van der Waals surface area contributed by atoms with Gasteiger partial charge in [0.15, 0.2) is 0 Å². The van der Waals surface area contributed by atoms with Gasteiger partial charge in [-0.25, -0.2) is 0 Å². The lowest BCUT2D eigenvalue weighted by Crippen LogP contribution is -2.32. The molecule has 0 heterocycles. The van der Waals surface area contributed by atoms with Crippen LogP contribution in [0.15, 0.2) is 30.9 Å². The summed E-state index contributed by atoms with van der Waals surface area (Å²) in [7, 11) is 0. The summed E-state index contributed by atoms with van der Waals surface area (Å²) in [4.78, 5) is 0. The van der Waals surface area contributed by atoms with Crippen LogP contribution in [0, 0.1) is 12.3 Å². The van der Waals surface area contributed by atoms with Crippen LogP contribution in [0.25, 0.3) is 0 Å².